The fraction of sp³-hybridized carbons (Fsp3) is 0.481. The van der Waals surface area contributed by atoms with Gasteiger partial charge in [-0.2, -0.15) is 13.2 Å². The monoisotopic (exact) mass is 553 g/mol. The van der Waals surface area contributed by atoms with Gasteiger partial charge in [0.05, 0.1) is 11.0 Å². The van der Waals surface area contributed by atoms with Crippen LogP contribution in [0.15, 0.2) is 42.5 Å². The van der Waals surface area contributed by atoms with Gasteiger partial charge in [0.2, 0.25) is 11.8 Å². The lowest BCUT2D eigenvalue weighted by Gasteiger charge is -2.31. The van der Waals surface area contributed by atoms with Gasteiger partial charge in [0.25, 0.3) is 0 Å². The minimum atomic E-state index is -4.45. The van der Waals surface area contributed by atoms with Crippen LogP contribution in [0.5, 0.6) is 0 Å². The molecule has 1 aliphatic carbocycles. The van der Waals surface area contributed by atoms with E-state index in [1.807, 2.05) is 0 Å². The molecule has 198 valence electrons. The molecule has 0 spiro atoms. The molecule has 0 aromatic heterocycles. The molecule has 3 atom stereocenters. The molecular weight excluding hydrogens is 526 g/mol. The van der Waals surface area contributed by atoms with Crippen molar-refractivity contribution >= 4 is 35.0 Å². The quantitative estimate of drug-likeness (QED) is 0.443. The normalized spacial score (nSPS) is 24.8. The summed E-state index contributed by atoms with van der Waals surface area (Å²) in [5.74, 6) is -0.660. The van der Waals surface area contributed by atoms with Crippen molar-refractivity contribution in [1.29, 1.82) is 0 Å². The first kappa shape index (κ1) is 26.3. The van der Waals surface area contributed by atoms with Gasteiger partial charge in [-0.05, 0) is 73.9 Å². The van der Waals surface area contributed by atoms with E-state index in [2.05, 4.69) is 16.0 Å². The highest BCUT2D eigenvalue weighted by atomic mass is 35.5. The number of benzene rings is 2. The van der Waals surface area contributed by atoms with E-state index in [9.17, 15) is 22.8 Å². The Morgan fingerprint density at radius 1 is 1.03 bits per heavy atom. The molecule has 0 radical (unpaired) electrons. The van der Waals surface area contributed by atoms with Crippen LogP contribution in [0.25, 0.3) is 0 Å². The predicted molar refractivity (Wildman–Crippen MR) is 136 cm³/mol. The van der Waals surface area contributed by atoms with Crippen LogP contribution in [-0.4, -0.2) is 36.0 Å². The number of carbonyl (C=O) groups is 2. The third-order valence-corrected chi connectivity index (χ3v) is 8.34. The number of hydrogen-bond acceptors (Lipinski definition) is 3. The zero-order valence-electron chi connectivity index (χ0n) is 20.0. The molecule has 3 N–H and O–H groups in total. The van der Waals surface area contributed by atoms with E-state index in [-0.39, 0.29) is 24.3 Å². The largest absolute Gasteiger partial charge is 0.416 e. The van der Waals surface area contributed by atoms with Crippen molar-refractivity contribution < 1.29 is 22.8 Å². The lowest BCUT2D eigenvalue weighted by molar-refractivity contribution is -0.137. The SMILES string of the molecule is O=C(NC1CC2CCC(C1)N2)[C@H](Cc1ccc(C(F)(F)F)cc1)NC(=O)C1(c2ccc(Cl)cc2Cl)CC1. The van der Waals surface area contributed by atoms with E-state index in [1.165, 1.54) is 12.1 Å². The maximum Gasteiger partial charge on any atom is 0.416 e. The Morgan fingerprint density at radius 2 is 1.68 bits per heavy atom. The van der Waals surface area contributed by atoms with Crippen molar-refractivity contribution in [2.24, 2.45) is 0 Å². The fourth-order valence-electron chi connectivity index (χ4n) is 5.67. The van der Waals surface area contributed by atoms with Crippen molar-refractivity contribution in [3.8, 4) is 0 Å². The van der Waals surface area contributed by atoms with Crippen LogP contribution in [0.1, 0.15) is 55.2 Å². The molecule has 2 aromatic carbocycles. The van der Waals surface area contributed by atoms with Crippen molar-refractivity contribution in [2.45, 2.75) is 80.7 Å². The highest BCUT2D eigenvalue weighted by Crippen LogP contribution is 2.51. The van der Waals surface area contributed by atoms with E-state index in [4.69, 9.17) is 23.2 Å². The third-order valence-electron chi connectivity index (χ3n) is 7.79. The van der Waals surface area contributed by atoms with E-state index < -0.39 is 23.2 Å². The number of piperidine rings is 1. The van der Waals surface area contributed by atoms with Gasteiger partial charge in [0, 0.05) is 34.6 Å². The van der Waals surface area contributed by atoms with E-state index in [1.54, 1.807) is 18.2 Å². The fourth-order valence-corrected chi connectivity index (χ4v) is 6.26. The molecule has 2 saturated heterocycles. The Labute approximate surface area is 223 Å². The van der Waals surface area contributed by atoms with Crippen molar-refractivity contribution in [1.82, 2.24) is 16.0 Å². The molecule has 37 heavy (non-hydrogen) atoms. The molecular formula is C27H28Cl2F3N3O2. The van der Waals surface area contributed by atoms with Crippen LogP contribution in [0, 0.1) is 0 Å². The van der Waals surface area contributed by atoms with E-state index in [0.29, 0.717) is 46.1 Å². The minimum Gasteiger partial charge on any atom is -0.351 e. The van der Waals surface area contributed by atoms with Crippen molar-refractivity contribution in [2.75, 3.05) is 0 Å². The van der Waals surface area contributed by atoms with Gasteiger partial charge in [0.1, 0.15) is 6.04 Å². The Kier molecular flexibility index (Phi) is 7.20. The maximum absolute atomic E-state index is 13.5. The summed E-state index contributed by atoms with van der Waals surface area (Å²) >= 11 is 12.4. The molecule has 2 amide bonds. The van der Waals surface area contributed by atoms with Crippen molar-refractivity contribution in [3.05, 3.63) is 69.2 Å². The maximum atomic E-state index is 13.5. The van der Waals surface area contributed by atoms with E-state index >= 15 is 0 Å². The molecule has 3 fully saturated rings. The zero-order valence-corrected chi connectivity index (χ0v) is 21.5. The number of amides is 2. The third kappa shape index (κ3) is 5.76. The minimum absolute atomic E-state index is 0.0150. The van der Waals surface area contributed by atoms with Gasteiger partial charge >= 0.3 is 6.18 Å². The van der Waals surface area contributed by atoms with Crippen molar-refractivity contribution in [3.63, 3.8) is 0 Å². The average Bonchev–Trinajstić information content (AvgIpc) is 3.57. The molecule has 2 aromatic rings. The molecule has 2 aliphatic heterocycles. The lowest BCUT2D eigenvalue weighted by atomic mass is 9.93. The first-order valence-electron chi connectivity index (χ1n) is 12.5. The number of hydrogen-bond donors (Lipinski definition) is 3. The highest BCUT2D eigenvalue weighted by molar-refractivity contribution is 6.35. The topological polar surface area (TPSA) is 70.2 Å². The number of alkyl halides is 3. The molecule has 2 unspecified atom stereocenters. The van der Waals surface area contributed by atoms with Crippen LogP contribution in [0.2, 0.25) is 10.0 Å². The van der Waals surface area contributed by atoms with Gasteiger partial charge < -0.3 is 16.0 Å². The summed E-state index contributed by atoms with van der Waals surface area (Å²) in [4.78, 5) is 27.0. The van der Waals surface area contributed by atoms with Crippen LogP contribution in [0.3, 0.4) is 0 Å². The summed E-state index contributed by atoms with van der Waals surface area (Å²) in [7, 11) is 0. The molecule has 5 nitrogen and oxygen atoms in total. The molecule has 10 heteroatoms. The summed E-state index contributed by atoms with van der Waals surface area (Å²) in [6, 6.07) is 9.46. The smallest absolute Gasteiger partial charge is 0.351 e. The van der Waals surface area contributed by atoms with Gasteiger partial charge in [0.15, 0.2) is 0 Å². The number of halogens is 5. The van der Waals surface area contributed by atoms with Gasteiger partial charge in [-0.1, -0.05) is 41.4 Å². The number of fused-ring (bicyclic) bond motifs is 2. The van der Waals surface area contributed by atoms with Crippen LogP contribution >= 0.6 is 23.2 Å². The van der Waals surface area contributed by atoms with Gasteiger partial charge in [-0.3, -0.25) is 9.59 Å². The second kappa shape index (κ2) is 10.1. The number of carbonyl (C=O) groups excluding carboxylic acids is 2. The molecule has 2 heterocycles. The Balaban J connectivity index is 1.35. The summed E-state index contributed by atoms with van der Waals surface area (Å²) in [6.07, 6.45) is 0.548. The zero-order chi connectivity index (χ0) is 26.4. The average molecular weight is 554 g/mol. The standard InChI is InChI=1S/C27H28Cl2F3N3O2/c28-17-5-8-21(22(29)12-17)26(9-10-26)25(37)35-23(11-15-1-3-16(4-2-15)27(30,31)32)24(36)34-20-13-18-6-7-19(14-20)33-18/h1-5,8,12,18-20,23,33H,6-7,9-11,13-14H2,(H,34,36)(H,35,37)/t18?,19?,20?,23-/m0/s1. The summed E-state index contributed by atoms with van der Waals surface area (Å²) in [5.41, 5.74) is -0.442. The van der Waals surface area contributed by atoms with Crippen LogP contribution in [-0.2, 0) is 27.6 Å². The Hall–Kier alpha value is -2.29. The van der Waals surface area contributed by atoms with Gasteiger partial charge in [-0.15, -0.1) is 0 Å². The lowest BCUT2D eigenvalue weighted by Crippen LogP contribution is -2.55. The van der Waals surface area contributed by atoms with E-state index in [0.717, 1.165) is 37.8 Å². The molecule has 3 aliphatic rings. The van der Waals surface area contributed by atoms with Gasteiger partial charge in [-0.25, -0.2) is 0 Å². The predicted octanol–water partition coefficient (Wildman–Crippen LogP) is 5.17. The second-order valence-corrected chi connectivity index (χ2v) is 11.3. The first-order valence-corrected chi connectivity index (χ1v) is 13.3. The second-order valence-electron chi connectivity index (χ2n) is 10.4. The Morgan fingerprint density at radius 3 is 2.24 bits per heavy atom. The summed E-state index contributed by atoms with van der Waals surface area (Å²) in [5, 5.41) is 10.4. The summed E-state index contributed by atoms with van der Waals surface area (Å²) in [6.45, 7) is 0. The molecule has 2 bridgehead atoms. The molecule has 1 saturated carbocycles. The number of rotatable bonds is 7. The van der Waals surface area contributed by atoms with Crippen LogP contribution in [0.4, 0.5) is 13.2 Å². The highest BCUT2D eigenvalue weighted by Gasteiger charge is 2.53. The Bertz CT molecular complexity index is 1170. The van der Waals surface area contributed by atoms with Crippen LogP contribution < -0.4 is 16.0 Å². The molecule has 5 rings (SSSR count). The number of nitrogens with one attached hydrogen (secondary N) is 3. The first-order chi connectivity index (χ1) is 17.5. The summed E-state index contributed by atoms with van der Waals surface area (Å²) < 4.78 is 39.1.